The van der Waals surface area contributed by atoms with Gasteiger partial charge in [0.15, 0.2) is 0 Å². The summed E-state index contributed by atoms with van der Waals surface area (Å²) in [5.74, 6) is 1.75. The summed E-state index contributed by atoms with van der Waals surface area (Å²) in [4.78, 5) is 36.7. The predicted molar refractivity (Wildman–Crippen MR) is 146 cm³/mol. The maximum atomic E-state index is 12.7. The molecular weight excluding hydrogens is 466 g/mol. The lowest BCUT2D eigenvalue weighted by Gasteiger charge is -2.37. The predicted octanol–water partition coefficient (Wildman–Crippen LogP) is 4.94. The van der Waals surface area contributed by atoms with Crippen LogP contribution in [0.25, 0.3) is 0 Å². The van der Waals surface area contributed by atoms with E-state index in [1.54, 1.807) is 31.4 Å². The largest absolute Gasteiger partial charge is 0.497 e. The molecule has 7 heteroatoms. The van der Waals surface area contributed by atoms with E-state index in [2.05, 4.69) is 42.8 Å². The normalized spacial score (nSPS) is 19.1. The highest BCUT2D eigenvalue weighted by atomic mass is 16.5. The number of anilines is 1. The Morgan fingerprint density at radius 2 is 1.68 bits per heavy atom. The molecule has 2 aromatic carbocycles. The molecule has 0 heterocycles. The number of ether oxygens (including phenoxy) is 1. The first-order chi connectivity index (χ1) is 17.7. The SMILES string of the molecule is COc1ccc(CNC(=O)CC2CC(C(C)C)C(CNC(=O)c3ccc(NC(C)=O)cc3)C=C2C)cc1. The maximum absolute atomic E-state index is 12.7. The minimum atomic E-state index is -0.149. The molecule has 198 valence electrons. The lowest BCUT2D eigenvalue weighted by molar-refractivity contribution is -0.122. The average molecular weight is 506 g/mol. The van der Waals surface area contributed by atoms with Crippen LogP contribution in [0, 0.1) is 23.7 Å². The molecule has 1 aliphatic rings. The molecule has 3 unspecified atom stereocenters. The number of allylic oxidation sites excluding steroid dienone is 1. The van der Waals surface area contributed by atoms with Gasteiger partial charge in [0.25, 0.3) is 5.91 Å². The van der Waals surface area contributed by atoms with Crippen LogP contribution in [0.3, 0.4) is 0 Å². The fourth-order valence-corrected chi connectivity index (χ4v) is 4.97. The zero-order chi connectivity index (χ0) is 26.9. The van der Waals surface area contributed by atoms with Gasteiger partial charge in [-0.1, -0.05) is 37.6 Å². The molecule has 37 heavy (non-hydrogen) atoms. The topological polar surface area (TPSA) is 96.5 Å². The molecule has 3 rings (SSSR count). The van der Waals surface area contributed by atoms with Gasteiger partial charge in [0.05, 0.1) is 7.11 Å². The Balaban J connectivity index is 1.55. The average Bonchev–Trinajstić information content (AvgIpc) is 2.87. The monoisotopic (exact) mass is 505 g/mol. The van der Waals surface area contributed by atoms with Crippen molar-refractivity contribution in [1.29, 1.82) is 0 Å². The standard InChI is InChI=1S/C30H39N3O4/c1-19(2)28-15-24(16-29(35)31-17-22-6-12-27(37-5)13-7-22)20(3)14-25(28)18-32-30(36)23-8-10-26(11-9-23)33-21(4)34/h6-14,19,24-25,28H,15-18H2,1-5H3,(H,31,35)(H,32,36)(H,33,34). The summed E-state index contributed by atoms with van der Waals surface area (Å²) in [6.07, 6.45) is 3.62. The third-order valence-corrected chi connectivity index (χ3v) is 7.13. The molecule has 0 spiro atoms. The number of benzene rings is 2. The summed E-state index contributed by atoms with van der Waals surface area (Å²) in [6.45, 7) is 8.98. The van der Waals surface area contributed by atoms with E-state index >= 15 is 0 Å². The first-order valence-corrected chi connectivity index (χ1v) is 12.9. The van der Waals surface area contributed by atoms with E-state index in [-0.39, 0.29) is 29.6 Å². The fraction of sp³-hybridized carbons (Fsp3) is 0.433. The Morgan fingerprint density at radius 1 is 1.00 bits per heavy atom. The maximum Gasteiger partial charge on any atom is 0.251 e. The van der Waals surface area contributed by atoms with Crippen molar-refractivity contribution in [2.75, 3.05) is 19.0 Å². The van der Waals surface area contributed by atoms with Gasteiger partial charge >= 0.3 is 0 Å². The number of methoxy groups -OCH3 is 1. The Morgan fingerprint density at radius 3 is 2.27 bits per heavy atom. The molecule has 0 aromatic heterocycles. The third kappa shape index (κ3) is 8.20. The minimum Gasteiger partial charge on any atom is -0.497 e. The van der Waals surface area contributed by atoms with E-state index in [1.807, 2.05) is 24.3 Å². The number of hydrogen-bond acceptors (Lipinski definition) is 4. The van der Waals surface area contributed by atoms with Crippen molar-refractivity contribution in [3.63, 3.8) is 0 Å². The van der Waals surface area contributed by atoms with Crippen molar-refractivity contribution >= 4 is 23.4 Å². The zero-order valence-corrected chi connectivity index (χ0v) is 22.5. The number of carbonyl (C=O) groups is 3. The van der Waals surface area contributed by atoms with Crippen LogP contribution in [0.1, 0.15) is 56.5 Å². The summed E-state index contributed by atoms with van der Waals surface area (Å²) < 4.78 is 5.18. The van der Waals surface area contributed by atoms with Crippen LogP contribution in [0.2, 0.25) is 0 Å². The van der Waals surface area contributed by atoms with Crippen LogP contribution in [0.5, 0.6) is 5.75 Å². The first-order valence-electron chi connectivity index (χ1n) is 12.9. The highest BCUT2D eigenvalue weighted by Gasteiger charge is 2.32. The van der Waals surface area contributed by atoms with E-state index in [9.17, 15) is 14.4 Å². The summed E-state index contributed by atoms with van der Waals surface area (Å²) in [7, 11) is 1.63. The van der Waals surface area contributed by atoms with Gasteiger partial charge in [0, 0.05) is 37.7 Å². The molecule has 0 saturated heterocycles. The highest BCUT2D eigenvalue weighted by molar-refractivity contribution is 5.95. The molecule has 3 N–H and O–H groups in total. The summed E-state index contributed by atoms with van der Waals surface area (Å²) in [5.41, 5.74) is 3.45. The van der Waals surface area contributed by atoms with Crippen molar-refractivity contribution in [3.05, 3.63) is 71.3 Å². The molecule has 7 nitrogen and oxygen atoms in total. The van der Waals surface area contributed by atoms with Crippen molar-refractivity contribution in [2.45, 2.75) is 47.1 Å². The molecular formula is C30H39N3O4. The van der Waals surface area contributed by atoms with Gasteiger partial charge in [0.2, 0.25) is 11.8 Å². The van der Waals surface area contributed by atoms with Gasteiger partial charge in [0.1, 0.15) is 5.75 Å². The number of amides is 3. The quantitative estimate of drug-likeness (QED) is 0.398. The molecule has 2 aromatic rings. The third-order valence-electron chi connectivity index (χ3n) is 7.13. The van der Waals surface area contributed by atoms with Crippen LogP contribution in [0.15, 0.2) is 60.2 Å². The molecule has 0 saturated carbocycles. The van der Waals surface area contributed by atoms with Crippen LogP contribution in [-0.4, -0.2) is 31.4 Å². The molecule has 3 atom stereocenters. The number of hydrogen-bond donors (Lipinski definition) is 3. The summed E-state index contributed by atoms with van der Waals surface area (Å²) >= 11 is 0. The van der Waals surface area contributed by atoms with E-state index in [0.29, 0.717) is 42.6 Å². The van der Waals surface area contributed by atoms with Crippen molar-refractivity contribution in [2.24, 2.45) is 23.7 Å². The zero-order valence-electron chi connectivity index (χ0n) is 22.5. The first kappa shape index (κ1) is 28.0. The van der Waals surface area contributed by atoms with Crippen molar-refractivity contribution < 1.29 is 19.1 Å². The molecule has 0 bridgehead atoms. The summed E-state index contributed by atoms with van der Waals surface area (Å²) in [5, 5.41) is 8.83. The highest BCUT2D eigenvalue weighted by Crippen LogP contribution is 2.38. The number of nitrogens with one attached hydrogen (secondary N) is 3. The Bertz CT molecular complexity index is 1110. The molecule has 0 radical (unpaired) electrons. The van der Waals surface area contributed by atoms with Crippen molar-refractivity contribution in [3.8, 4) is 5.75 Å². The van der Waals surface area contributed by atoms with E-state index in [4.69, 9.17) is 4.74 Å². The smallest absolute Gasteiger partial charge is 0.251 e. The van der Waals surface area contributed by atoms with Gasteiger partial charge in [-0.05, 0) is 79.0 Å². The van der Waals surface area contributed by atoms with Gasteiger partial charge < -0.3 is 20.7 Å². The Hall–Kier alpha value is -3.61. The second-order valence-electron chi connectivity index (χ2n) is 10.2. The van der Waals surface area contributed by atoms with Crippen LogP contribution >= 0.6 is 0 Å². The van der Waals surface area contributed by atoms with E-state index in [1.165, 1.54) is 12.5 Å². The molecule has 0 fully saturated rings. The molecule has 1 aliphatic carbocycles. The van der Waals surface area contributed by atoms with Crippen LogP contribution in [-0.2, 0) is 16.1 Å². The lowest BCUT2D eigenvalue weighted by Crippen LogP contribution is -2.37. The Labute approximate surface area is 220 Å². The molecule has 0 aliphatic heterocycles. The van der Waals surface area contributed by atoms with Crippen molar-refractivity contribution in [1.82, 2.24) is 10.6 Å². The number of rotatable bonds is 10. The molecule has 3 amide bonds. The lowest BCUT2D eigenvalue weighted by atomic mass is 9.69. The summed E-state index contributed by atoms with van der Waals surface area (Å²) in [6, 6.07) is 14.6. The van der Waals surface area contributed by atoms with Crippen LogP contribution in [0.4, 0.5) is 5.69 Å². The van der Waals surface area contributed by atoms with Gasteiger partial charge in [-0.2, -0.15) is 0 Å². The van der Waals surface area contributed by atoms with E-state index < -0.39 is 0 Å². The van der Waals surface area contributed by atoms with Gasteiger partial charge in [-0.15, -0.1) is 0 Å². The Kier molecular flexibility index (Phi) is 9.89. The van der Waals surface area contributed by atoms with Crippen LogP contribution < -0.4 is 20.7 Å². The minimum absolute atomic E-state index is 0.0468. The van der Waals surface area contributed by atoms with E-state index in [0.717, 1.165) is 17.7 Å². The second kappa shape index (κ2) is 13.1. The second-order valence-corrected chi connectivity index (χ2v) is 10.2. The van der Waals surface area contributed by atoms with Gasteiger partial charge in [-0.3, -0.25) is 14.4 Å². The number of carbonyl (C=O) groups excluding carboxylic acids is 3. The van der Waals surface area contributed by atoms with Gasteiger partial charge in [-0.25, -0.2) is 0 Å². The fourth-order valence-electron chi connectivity index (χ4n) is 4.97.